The molecule has 0 aromatic heterocycles. The Morgan fingerprint density at radius 3 is 2.67 bits per heavy atom. The van der Waals surface area contributed by atoms with E-state index in [2.05, 4.69) is 5.32 Å². The molecule has 0 heterocycles. The van der Waals surface area contributed by atoms with Crippen molar-refractivity contribution in [2.45, 2.75) is 18.9 Å². The third kappa shape index (κ3) is 5.49. The molecule has 5 heteroatoms. The zero-order valence-electron chi connectivity index (χ0n) is 10.4. The van der Waals surface area contributed by atoms with Crippen LogP contribution in [-0.4, -0.2) is 37.4 Å². The fraction of sp³-hybridized carbons (Fsp3) is 0.462. The largest absolute Gasteiger partial charge is 0.396 e. The van der Waals surface area contributed by atoms with Gasteiger partial charge in [0.25, 0.3) is 0 Å². The van der Waals surface area contributed by atoms with Gasteiger partial charge in [0.2, 0.25) is 5.91 Å². The lowest BCUT2D eigenvalue weighted by molar-refractivity contribution is -0.121. The summed E-state index contributed by atoms with van der Waals surface area (Å²) in [6.07, 6.45) is 0.781. The Morgan fingerprint density at radius 1 is 1.44 bits per heavy atom. The molecule has 0 aliphatic carbocycles. The molecule has 18 heavy (non-hydrogen) atoms. The van der Waals surface area contributed by atoms with E-state index in [-0.39, 0.29) is 18.6 Å². The number of rotatable bonds is 7. The summed E-state index contributed by atoms with van der Waals surface area (Å²) in [4.78, 5) is 11.8. The first-order chi connectivity index (χ1) is 8.65. The van der Waals surface area contributed by atoms with E-state index in [1.807, 2.05) is 12.1 Å². The second-order valence-corrected chi connectivity index (χ2v) is 4.47. The lowest BCUT2D eigenvalue weighted by Gasteiger charge is -2.16. The summed E-state index contributed by atoms with van der Waals surface area (Å²) >= 11 is 5.77. The molecular weight excluding hydrogens is 254 g/mol. The number of benzene rings is 1. The minimum absolute atomic E-state index is 0.0231. The Bertz CT molecular complexity index is 361. The van der Waals surface area contributed by atoms with Crippen LogP contribution in [0.15, 0.2) is 24.3 Å². The lowest BCUT2D eigenvalue weighted by Crippen LogP contribution is -2.39. The molecule has 0 aliphatic rings. The smallest absolute Gasteiger partial charge is 0.224 e. The number of methoxy groups -OCH3 is 1. The Morgan fingerprint density at radius 2 is 2.11 bits per heavy atom. The quantitative estimate of drug-likeness (QED) is 0.788. The molecule has 0 saturated heterocycles. The summed E-state index contributed by atoms with van der Waals surface area (Å²) in [5.41, 5.74) is 0.900. The first-order valence-corrected chi connectivity index (χ1v) is 6.17. The van der Waals surface area contributed by atoms with Gasteiger partial charge in [0.05, 0.1) is 19.1 Å². The maximum absolute atomic E-state index is 11.8. The van der Waals surface area contributed by atoms with Crippen molar-refractivity contribution in [2.75, 3.05) is 20.3 Å². The first-order valence-electron chi connectivity index (χ1n) is 5.79. The van der Waals surface area contributed by atoms with Crippen LogP contribution in [-0.2, 0) is 16.0 Å². The summed E-state index contributed by atoms with van der Waals surface area (Å²) < 4.78 is 4.98. The fourth-order valence-corrected chi connectivity index (χ4v) is 1.75. The number of nitrogens with one attached hydrogen (secondary N) is 1. The van der Waals surface area contributed by atoms with E-state index in [0.717, 1.165) is 5.56 Å². The van der Waals surface area contributed by atoms with Crippen LogP contribution >= 0.6 is 11.6 Å². The number of amides is 1. The maximum Gasteiger partial charge on any atom is 0.224 e. The molecule has 2 N–H and O–H groups in total. The maximum atomic E-state index is 11.8. The number of hydrogen-bond acceptors (Lipinski definition) is 3. The molecule has 1 aromatic carbocycles. The van der Waals surface area contributed by atoms with Crippen molar-refractivity contribution in [2.24, 2.45) is 0 Å². The van der Waals surface area contributed by atoms with Crippen molar-refractivity contribution in [3.05, 3.63) is 34.9 Å². The summed E-state index contributed by atoms with van der Waals surface area (Å²) in [6, 6.07) is 6.99. The Balaban J connectivity index is 2.46. The van der Waals surface area contributed by atoms with E-state index in [1.54, 1.807) is 19.2 Å². The number of aliphatic hydroxyl groups excluding tert-OH is 1. The summed E-state index contributed by atoms with van der Waals surface area (Å²) in [5, 5.41) is 12.3. The summed E-state index contributed by atoms with van der Waals surface area (Å²) in [5.74, 6) is -0.0900. The van der Waals surface area contributed by atoms with Gasteiger partial charge in [-0.15, -0.1) is 0 Å². The first kappa shape index (κ1) is 15.0. The molecule has 0 radical (unpaired) electrons. The van der Waals surface area contributed by atoms with Gasteiger partial charge in [-0.25, -0.2) is 0 Å². The van der Waals surface area contributed by atoms with Gasteiger partial charge in [-0.05, 0) is 24.1 Å². The molecule has 0 fully saturated rings. The zero-order chi connectivity index (χ0) is 13.4. The predicted molar refractivity (Wildman–Crippen MR) is 70.7 cm³/mol. The number of ether oxygens (including phenoxy) is 1. The highest BCUT2D eigenvalue weighted by molar-refractivity contribution is 6.30. The SMILES string of the molecule is COCC(CCO)NC(=O)Cc1ccc(Cl)cc1. The Labute approximate surface area is 112 Å². The van der Waals surface area contributed by atoms with Crippen LogP contribution in [0.1, 0.15) is 12.0 Å². The molecule has 1 rings (SSSR count). The molecule has 1 amide bonds. The molecule has 0 saturated carbocycles. The fourth-order valence-electron chi connectivity index (χ4n) is 1.62. The van der Waals surface area contributed by atoms with Crippen molar-refractivity contribution in [3.8, 4) is 0 Å². The molecule has 0 aliphatic heterocycles. The Kier molecular flexibility index (Phi) is 6.72. The van der Waals surface area contributed by atoms with E-state index in [0.29, 0.717) is 24.5 Å². The standard InChI is InChI=1S/C13H18ClNO3/c1-18-9-12(6-7-16)15-13(17)8-10-2-4-11(14)5-3-10/h2-5,12,16H,6-9H2,1H3,(H,15,17). The van der Waals surface area contributed by atoms with Gasteiger partial charge in [0, 0.05) is 18.7 Å². The molecule has 100 valence electrons. The van der Waals surface area contributed by atoms with Crippen molar-refractivity contribution >= 4 is 17.5 Å². The van der Waals surface area contributed by atoms with E-state index < -0.39 is 0 Å². The van der Waals surface area contributed by atoms with Gasteiger partial charge in [0.1, 0.15) is 0 Å². The Hall–Kier alpha value is -1.10. The van der Waals surface area contributed by atoms with Gasteiger partial charge in [-0.1, -0.05) is 23.7 Å². The van der Waals surface area contributed by atoms with Crippen LogP contribution in [0.2, 0.25) is 5.02 Å². The number of carbonyl (C=O) groups excluding carboxylic acids is 1. The van der Waals surface area contributed by atoms with Crippen molar-refractivity contribution in [3.63, 3.8) is 0 Å². The van der Waals surface area contributed by atoms with Crippen LogP contribution < -0.4 is 5.32 Å². The van der Waals surface area contributed by atoms with E-state index in [4.69, 9.17) is 21.4 Å². The minimum Gasteiger partial charge on any atom is -0.396 e. The van der Waals surface area contributed by atoms with Gasteiger partial charge < -0.3 is 15.2 Å². The highest BCUT2D eigenvalue weighted by Crippen LogP contribution is 2.10. The van der Waals surface area contributed by atoms with E-state index in [1.165, 1.54) is 0 Å². The number of carbonyl (C=O) groups is 1. The molecule has 1 atom stereocenters. The molecular formula is C13H18ClNO3. The molecule has 1 aromatic rings. The van der Waals surface area contributed by atoms with Crippen molar-refractivity contribution < 1.29 is 14.6 Å². The van der Waals surface area contributed by atoms with Crippen LogP contribution in [0.5, 0.6) is 0 Å². The number of aliphatic hydroxyl groups is 1. The average molecular weight is 272 g/mol. The molecule has 0 spiro atoms. The highest BCUT2D eigenvalue weighted by Gasteiger charge is 2.11. The summed E-state index contributed by atoms with van der Waals surface area (Å²) in [6.45, 7) is 0.419. The van der Waals surface area contributed by atoms with Gasteiger partial charge in [-0.3, -0.25) is 4.79 Å². The second-order valence-electron chi connectivity index (χ2n) is 4.04. The minimum atomic E-state index is -0.153. The van der Waals surface area contributed by atoms with Crippen molar-refractivity contribution in [1.29, 1.82) is 0 Å². The molecule has 0 bridgehead atoms. The predicted octanol–water partition coefficient (Wildman–Crippen LogP) is 1.40. The normalized spacial score (nSPS) is 12.2. The van der Waals surface area contributed by atoms with E-state index >= 15 is 0 Å². The highest BCUT2D eigenvalue weighted by atomic mass is 35.5. The lowest BCUT2D eigenvalue weighted by atomic mass is 10.1. The molecule has 1 unspecified atom stereocenters. The third-order valence-electron chi connectivity index (χ3n) is 2.49. The van der Waals surface area contributed by atoms with Crippen LogP contribution in [0, 0.1) is 0 Å². The van der Waals surface area contributed by atoms with Gasteiger partial charge in [0.15, 0.2) is 0 Å². The van der Waals surface area contributed by atoms with Crippen LogP contribution in [0.4, 0.5) is 0 Å². The van der Waals surface area contributed by atoms with Crippen molar-refractivity contribution in [1.82, 2.24) is 5.32 Å². The second kappa shape index (κ2) is 8.08. The zero-order valence-corrected chi connectivity index (χ0v) is 11.1. The topological polar surface area (TPSA) is 58.6 Å². The number of hydrogen-bond donors (Lipinski definition) is 2. The number of halogens is 1. The third-order valence-corrected chi connectivity index (χ3v) is 2.74. The van der Waals surface area contributed by atoms with Crippen LogP contribution in [0.3, 0.4) is 0 Å². The van der Waals surface area contributed by atoms with Gasteiger partial charge >= 0.3 is 0 Å². The van der Waals surface area contributed by atoms with Gasteiger partial charge in [-0.2, -0.15) is 0 Å². The summed E-state index contributed by atoms with van der Waals surface area (Å²) in [7, 11) is 1.57. The van der Waals surface area contributed by atoms with Crippen LogP contribution in [0.25, 0.3) is 0 Å². The van der Waals surface area contributed by atoms with E-state index in [9.17, 15) is 4.79 Å². The molecule has 4 nitrogen and oxygen atoms in total. The average Bonchev–Trinajstić information content (AvgIpc) is 2.33. The monoisotopic (exact) mass is 271 g/mol.